The van der Waals surface area contributed by atoms with Crippen LogP contribution in [0, 0.1) is 20.8 Å². The molecule has 2 rings (SSSR count). The van der Waals surface area contributed by atoms with E-state index >= 15 is 0 Å². The van der Waals surface area contributed by atoms with Gasteiger partial charge in [-0.15, -0.1) is 0 Å². The van der Waals surface area contributed by atoms with Crippen molar-refractivity contribution in [2.75, 3.05) is 11.9 Å². The second kappa shape index (κ2) is 6.22. The molecule has 0 bridgehead atoms. The molecule has 6 heteroatoms. The van der Waals surface area contributed by atoms with Crippen molar-refractivity contribution >= 4 is 17.4 Å². The van der Waals surface area contributed by atoms with Gasteiger partial charge in [0.1, 0.15) is 22.6 Å². The van der Waals surface area contributed by atoms with E-state index in [1.165, 1.54) is 0 Å². The van der Waals surface area contributed by atoms with Gasteiger partial charge in [0.05, 0.1) is 5.69 Å². The quantitative estimate of drug-likeness (QED) is 0.858. The van der Waals surface area contributed by atoms with E-state index in [0.29, 0.717) is 11.0 Å². The van der Waals surface area contributed by atoms with Crippen LogP contribution in [0.4, 0.5) is 5.82 Å². The predicted octanol–water partition coefficient (Wildman–Crippen LogP) is 3.26. The number of nitrogens with zero attached hydrogens (tertiary/aromatic N) is 3. The number of hydrogen-bond acceptors (Lipinski definition) is 5. The van der Waals surface area contributed by atoms with Crippen molar-refractivity contribution < 1.29 is 4.52 Å². The van der Waals surface area contributed by atoms with Gasteiger partial charge in [-0.05, 0) is 33.6 Å². The van der Waals surface area contributed by atoms with Crippen LogP contribution in [-0.2, 0) is 12.8 Å². The molecule has 0 spiro atoms. The number of hydrogen-bond donors (Lipinski definition) is 1. The van der Waals surface area contributed by atoms with Gasteiger partial charge in [0.2, 0.25) is 0 Å². The average molecular weight is 295 g/mol. The highest BCUT2D eigenvalue weighted by Crippen LogP contribution is 2.22. The van der Waals surface area contributed by atoms with E-state index in [4.69, 9.17) is 16.1 Å². The molecule has 20 heavy (non-hydrogen) atoms. The number of rotatable bonds is 5. The molecule has 1 N–H and O–H groups in total. The van der Waals surface area contributed by atoms with E-state index < -0.39 is 0 Å². The molecule has 2 heterocycles. The molecule has 0 saturated carbocycles. The second-order valence-electron chi connectivity index (χ2n) is 4.72. The summed E-state index contributed by atoms with van der Waals surface area (Å²) in [5, 5.41) is 7.82. The molecule has 108 valence electrons. The van der Waals surface area contributed by atoms with Crippen LogP contribution in [0.3, 0.4) is 0 Å². The smallest absolute Gasteiger partial charge is 0.138 e. The predicted molar refractivity (Wildman–Crippen MR) is 79.3 cm³/mol. The molecule has 0 atom stereocenters. The fraction of sp³-hybridized carbons (Fsp3) is 0.500. The normalized spacial score (nSPS) is 10.8. The molecule has 0 radical (unpaired) electrons. The van der Waals surface area contributed by atoms with Gasteiger partial charge in [-0.1, -0.05) is 23.7 Å². The van der Waals surface area contributed by atoms with Crippen LogP contribution in [0.5, 0.6) is 0 Å². The molecule has 0 aliphatic rings. The molecular weight excluding hydrogens is 276 g/mol. The summed E-state index contributed by atoms with van der Waals surface area (Å²) >= 11 is 6.15. The molecule has 0 aromatic carbocycles. The van der Waals surface area contributed by atoms with Gasteiger partial charge in [-0.25, -0.2) is 9.97 Å². The van der Waals surface area contributed by atoms with Crippen molar-refractivity contribution in [3.05, 3.63) is 33.6 Å². The molecule has 0 saturated heterocycles. The highest BCUT2D eigenvalue weighted by molar-refractivity contribution is 6.30. The minimum atomic E-state index is 0.528. The number of anilines is 1. The van der Waals surface area contributed by atoms with Crippen molar-refractivity contribution in [2.24, 2.45) is 0 Å². The Morgan fingerprint density at radius 2 is 1.90 bits per heavy atom. The second-order valence-corrected chi connectivity index (χ2v) is 5.08. The first kappa shape index (κ1) is 14.8. The minimum absolute atomic E-state index is 0.528. The number of halogens is 1. The summed E-state index contributed by atoms with van der Waals surface area (Å²) in [5.41, 5.74) is 3.04. The van der Waals surface area contributed by atoms with Crippen molar-refractivity contribution in [3.63, 3.8) is 0 Å². The van der Waals surface area contributed by atoms with E-state index in [2.05, 4.69) is 20.4 Å². The van der Waals surface area contributed by atoms with Gasteiger partial charge in [-0.3, -0.25) is 0 Å². The Morgan fingerprint density at radius 1 is 1.15 bits per heavy atom. The Morgan fingerprint density at radius 3 is 2.50 bits per heavy atom. The highest BCUT2D eigenvalue weighted by Gasteiger charge is 2.11. The first-order valence-corrected chi connectivity index (χ1v) is 7.09. The van der Waals surface area contributed by atoms with Crippen molar-refractivity contribution in [3.8, 4) is 0 Å². The highest BCUT2D eigenvalue weighted by atomic mass is 35.5. The molecule has 0 unspecified atom stereocenters. The molecule has 2 aromatic rings. The molecule has 0 amide bonds. The summed E-state index contributed by atoms with van der Waals surface area (Å²) in [7, 11) is 0. The van der Waals surface area contributed by atoms with Crippen LogP contribution < -0.4 is 5.32 Å². The standard InChI is InChI=1S/C14H19ClN4O/c1-5-11-13(15)17-10(4)18-14(11)16-7-6-12-8(2)19-20-9(12)3/h5-7H2,1-4H3,(H,16,17,18). The first-order chi connectivity index (χ1) is 9.52. The maximum atomic E-state index is 6.15. The molecule has 0 aliphatic heterocycles. The van der Waals surface area contributed by atoms with E-state index in [0.717, 1.165) is 47.8 Å². The topological polar surface area (TPSA) is 63.8 Å². The summed E-state index contributed by atoms with van der Waals surface area (Å²) in [6.45, 7) is 8.51. The van der Waals surface area contributed by atoms with Crippen LogP contribution in [0.2, 0.25) is 5.15 Å². The Kier molecular flexibility index (Phi) is 4.60. The molecule has 5 nitrogen and oxygen atoms in total. The summed E-state index contributed by atoms with van der Waals surface area (Å²) < 4.78 is 5.16. The number of aromatic nitrogens is 3. The van der Waals surface area contributed by atoms with Gasteiger partial charge in [0, 0.05) is 17.7 Å². The molecule has 0 aliphatic carbocycles. The fourth-order valence-corrected chi connectivity index (χ4v) is 2.53. The molecule has 2 aromatic heterocycles. The van der Waals surface area contributed by atoms with E-state index in [1.807, 2.05) is 27.7 Å². The van der Waals surface area contributed by atoms with Crippen LogP contribution in [-0.4, -0.2) is 21.7 Å². The third kappa shape index (κ3) is 3.10. The number of aryl methyl sites for hydroxylation is 3. The maximum Gasteiger partial charge on any atom is 0.138 e. The Balaban J connectivity index is 2.08. The fourth-order valence-electron chi connectivity index (χ4n) is 2.19. The zero-order valence-corrected chi connectivity index (χ0v) is 13.0. The van der Waals surface area contributed by atoms with E-state index in [1.54, 1.807) is 0 Å². The lowest BCUT2D eigenvalue weighted by Crippen LogP contribution is -2.11. The van der Waals surface area contributed by atoms with Crippen LogP contribution in [0.25, 0.3) is 0 Å². The lowest BCUT2D eigenvalue weighted by molar-refractivity contribution is 0.392. The van der Waals surface area contributed by atoms with Gasteiger partial charge in [-0.2, -0.15) is 0 Å². The Labute approximate surface area is 123 Å². The minimum Gasteiger partial charge on any atom is -0.369 e. The van der Waals surface area contributed by atoms with E-state index in [9.17, 15) is 0 Å². The van der Waals surface area contributed by atoms with Gasteiger partial charge >= 0.3 is 0 Å². The van der Waals surface area contributed by atoms with Gasteiger partial charge < -0.3 is 9.84 Å². The lowest BCUT2D eigenvalue weighted by atomic mass is 10.1. The maximum absolute atomic E-state index is 6.15. The van der Waals surface area contributed by atoms with Crippen molar-refractivity contribution in [2.45, 2.75) is 40.5 Å². The molecular formula is C14H19ClN4O. The molecule has 0 fully saturated rings. The summed E-state index contributed by atoms with van der Waals surface area (Å²) in [6.07, 6.45) is 1.64. The Bertz CT molecular complexity index is 590. The van der Waals surface area contributed by atoms with Gasteiger partial charge in [0.25, 0.3) is 0 Å². The summed E-state index contributed by atoms with van der Waals surface area (Å²) in [5.74, 6) is 2.36. The van der Waals surface area contributed by atoms with Crippen molar-refractivity contribution in [1.82, 2.24) is 15.1 Å². The average Bonchev–Trinajstić information content (AvgIpc) is 2.70. The zero-order chi connectivity index (χ0) is 14.7. The SMILES string of the molecule is CCc1c(Cl)nc(C)nc1NCCc1c(C)noc1C. The summed E-state index contributed by atoms with van der Waals surface area (Å²) in [4.78, 5) is 8.60. The lowest BCUT2D eigenvalue weighted by Gasteiger charge is -2.11. The van der Waals surface area contributed by atoms with Crippen molar-refractivity contribution in [1.29, 1.82) is 0 Å². The van der Waals surface area contributed by atoms with Gasteiger partial charge in [0.15, 0.2) is 0 Å². The largest absolute Gasteiger partial charge is 0.369 e. The third-order valence-corrected chi connectivity index (χ3v) is 3.58. The summed E-state index contributed by atoms with van der Waals surface area (Å²) in [6, 6.07) is 0. The zero-order valence-electron chi connectivity index (χ0n) is 12.2. The third-order valence-electron chi connectivity index (χ3n) is 3.27. The Hall–Kier alpha value is -1.62. The van der Waals surface area contributed by atoms with Crippen LogP contribution in [0.1, 0.15) is 35.3 Å². The van der Waals surface area contributed by atoms with E-state index in [-0.39, 0.29) is 0 Å². The first-order valence-electron chi connectivity index (χ1n) is 6.71. The number of nitrogens with one attached hydrogen (secondary N) is 1. The monoisotopic (exact) mass is 294 g/mol. The van der Waals surface area contributed by atoms with Crippen LogP contribution in [0.15, 0.2) is 4.52 Å². The van der Waals surface area contributed by atoms with Crippen LogP contribution >= 0.6 is 11.6 Å².